The van der Waals surface area contributed by atoms with E-state index in [1.807, 2.05) is 6.92 Å². The van der Waals surface area contributed by atoms with Crippen LogP contribution in [0.1, 0.15) is 79.1 Å². The van der Waals surface area contributed by atoms with Gasteiger partial charge in [-0.3, -0.25) is 9.13 Å². The normalized spacial score (nSPS) is 17.6. The lowest BCUT2D eigenvalue weighted by Crippen LogP contribution is -2.23. The van der Waals surface area contributed by atoms with E-state index in [0.29, 0.717) is 52.3 Å². The van der Waals surface area contributed by atoms with Gasteiger partial charge in [-0.2, -0.15) is 0 Å². The van der Waals surface area contributed by atoms with Crippen LogP contribution in [0.3, 0.4) is 0 Å². The Hall–Kier alpha value is 0.1000. The average molecular weight is 593 g/mol. The van der Waals surface area contributed by atoms with Gasteiger partial charge in [0.1, 0.15) is 6.10 Å². The maximum atomic E-state index is 12.5. The van der Waals surface area contributed by atoms with E-state index in [9.17, 15) is 24.0 Å². The summed E-state index contributed by atoms with van der Waals surface area (Å²) < 4.78 is 56.0. The monoisotopic (exact) mass is 592 g/mol. The smallest absolute Gasteiger partial charge is 0.331 e. The highest BCUT2D eigenvalue weighted by Gasteiger charge is 2.30. The first-order valence-electron chi connectivity index (χ1n) is 14.0. The van der Waals surface area contributed by atoms with Gasteiger partial charge in [-0.1, -0.05) is 59.8 Å². The lowest BCUT2D eigenvalue weighted by Gasteiger charge is -2.21. The lowest BCUT2D eigenvalue weighted by atomic mass is 10.1. The molecular formula is C25H54O11P2. The van der Waals surface area contributed by atoms with Gasteiger partial charge in [0, 0.05) is 0 Å². The molecule has 0 aromatic carbocycles. The Morgan fingerprint density at radius 3 is 1.68 bits per heavy atom. The number of unbranched alkanes of at least 4 members (excludes halogenated alkanes) is 4. The maximum absolute atomic E-state index is 12.5. The van der Waals surface area contributed by atoms with Crippen molar-refractivity contribution in [3.63, 3.8) is 0 Å². The van der Waals surface area contributed by atoms with E-state index in [-0.39, 0.29) is 38.7 Å². The van der Waals surface area contributed by atoms with Crippen LogP contribution in [-0.2, 0) is 37.1 Å². The summed E-state index contributed by atoms with van der Waals surface area (Å²) in [5.74, 6) is 0. The van der Waals surface area contributed by atoms with Crippen molar-refractivity contribution in [2.24, 2.45) is 0 Å². The van der Waals surface area contributed by atoms with Crippen LogP contribution < -0.4 is 0 Å². The van der Waals surface area contributed by atoms with Crippen molar-refractivity contribution in [3.05, 3.63) is 0 Å². The Balaban J connectivity index is 3.61. The fraction of sp³-hybridized carbons (Fsp3) is 1.00. The molecule has 0 radical (unpaired) electrons. The number of hydrogen-bond acceptors (Lipinski definition) is 9. The molecule has 0 spiro atoms. The molecule has 13 heteroatoms. The molecule has 0 aromatic heterocycles. The van der Waals surface area contributed by atoms with Crippen molar-refractivity contribution in [3.8, 4) is 0 Å². The van der Waals surface area contributed by atoms with E-state index >= 15 is 0 Å². The first-order valence-corrected chi connectivity index (χ1v) is 17.3. The zero-order chi connectivity index (χ0) is 28.7. The molecule has 11 nitrogen and oxygen atoms in total. The summed E-state index contributed by atoms with van der Waals surface area (Å²) in [5, 5.41) is 9.79. The largest absolute Gasteiger partial charge is 0.388 e. The van der Waals surface area contributed by atoms with Gasteiger partial charge < -0.3 is 42.9 Å². The predicted octanol–water partition coefficient (Wildman–Crippen LogP) is 4.76. The summed E-state index contributed by atoms with van der Waals surface area (Å²) in [6.07, 6.45) is 6.43. The van der Waals surface area contributed by atoms with Gasteiger partial charge in [0.15, 0.2) is 0 Å². The summed E-state index contributed by atoms with van der Waals surface area (Å²) in [5.41, 5.74) is -0.801. The summed E-state index contributed by atoms with van der Waals surface area (Å²) in [6.45, 7) is 9.53. The Bertz CT molecular complexity index is 638. The van der Waals surface area contributed by atoms with Gasteiger partial charge in [-0.15, -0.1) is 0 Å². The van der Waals surface area contributed by atoms with Crippen molar-refractivity contribution in [1.82, 2.24) is 0 Å². The van der Waals surface area contributed by atoms with Crippen LogP contribution in [0.5, 0.6) is 0 Å². The second-order valence-electron chi connectivity index (χ2n) is 9.35. The van der Waals surface area contributed by atoms with E-state index in [4.69, 9.17) is 28.0 Å². The van der Waals surface area contributed by atoms with Crippen molar-refractivity contribution in [2.45, 2.75) is 96.5 Å². The molecule has 0 aliphatic heterocycles. The van der Waals surface area contributed by atoms with Gasteiger partial charge in [-0.05, 0) is 19.3 Å². The molecule has 3 N–H and O–H groups in total. The molecule has 0 saturated heterocycles. The molecule has 0 fully saturated rings. The topological polar surface area (TPSA) is 150 Å². The molecule has 0 bridgehead atoms. The molecule has 230 valence electrons. The van der Waals surface area contributed by atoms with E-state index in [0.717, 1.165) is 12.8 Å². The van der Waals surface area contributed by atoms with Gasteiger partial charge >= 0.3 is 15.2 Å². The van der Waals surface area contributed by atoms with Crippen LogP contribution in [0.15, 0.2) is 0 Å². The third-order valence-corrected chi connectivity index (χ3v) is 10.2. The van der Waals surface area contributed by atoms with Crippen LogP contribution in [0, 0.1) is 0 Å². The number of aliphatic hydroxyl groups excluding tert-OH is 1. The molecule has 0 heterocycles. The van der Waals surface area contributed by atoms with Crippen LogP contribution in [0.4, 0.5) is 0 Å². The third kappa shape index (κ3) is 20.0. The first-order chi connectivity index (χ1) is 18.1. The Kier molecular flexibility index (Phi) is 23.8. The van der Waals surface area contributed by atoms with Crippen LogP contribution in [0.2, 0.25) is 0 Å². The van der Waals surface area contributed by atoms with E-state index < -0.39 is 27.0 Å². The number of ether oxygens (including phenoxy) is 4. The zero-order valence-corrected chi connectivity index (χ0v) is 25.8. The molecule has 5 atom stereocenters. The standard InChI is InChI=1S/C25H54O11P2/c1-5-8-9-10-11-12-25(7-3)38(29,30)35-20-19-33-16-15-31-13-14-32-17-18-34-21-24(26)22-36-37(27,28)23(4)6-2/h23-26H,5-22H2,1-4H3,(H,27,28)(H,29,30). The number of rotatable bonds is 28. The van der Waals surface area contributed by atoms with Gasteiger partial charge in [-0.25, -0.2) is 0 Å². The highest BCUT2D eigenvalue weighted by Crippen LogP contribution is 2.51. The summed E-state index contributed by atoms with van der Waals surface area (Å²) in [6, 6.07) is 0. The van der Waals surface area contributed by atoms with Crippen molar-refractivity contribution < 1.29 is 52.0 Å². The minimum atomic E-state index is -3.72. The Morgan fingerprint density at radius 2 is 1.16 bits per heavy atom. The fourth-order valence-corrected chi connectivity index (χ4v) is 6.01. The predicted molar refractivity (Wildman–Crippen MR) is 148 cm³/mol. The average Bonchev–Trinajstić information content (AvgIpc) is 2.89. The highest BCUT2D eigenvalue weighted by atomic mass is 31.2. The third-order valence-electron chi connectivity index (χ3n) is 6.10. The molecule has 38 heavy (non-hydrogen) atoms. The van der Waals surface area contributed by atoms with E-state index in [1.54, 1.807) is 13.8 Å². The lowest BCUT2D eigenvalue weighted by molar-refractivity contribution is -0.0259. The first kappa shape index (κ1) is 38.1. The molecule has 5 unspecified atom stereocenters. The summed E-state index contributed by atoms with van der Waals surface area (Å²) >= 11 is 0. The quantitative estimate of drug-likeness (QED) is 0.0853. The number of aliphatic hydroxyl groups is 1. The second kappa shape index (κ2) is 23.8. The molecule has 0 aliphatic rings. The summed E-state index contributed by atoms with van der Waals surface area (Å²) in [4.78, 5) is 20.0. The van der Waals surface area contributed by atoms with Crippen LogP contribution in [0.25, 0.3) is 0 Å². The Labute approximate surface area is 229 Å². The highest BCUT2D eigenvalue weighted by molar-refractivity contribution is 7.53. The van der Waals surface area contributed by atoms with Crippen molar-refractivity contribution in [2.75, 3.05) is 66.1 Å². The zero-order valence-electron chi connectivity index (χ0n) is 24.0. The molecular weight excluding hydrogens is 538 g/mol. The minimum absolute atomic E-state index is 0.0225. The minimum Gasteiger partial charge on any atom is -0.388 e. The van der Waals surface area contributed by atoms with Gasteiger partial charge in [0.25, 0.3) is 0 Å². The maximum Gasteiger partial charge on any atom is 0.331 e. The molecule has 0 saturated carbocycles. The SMILES string of the molecule is CCCCCCCC(CC)P(=O)(O)OCCOCCOCCOCCOCC(O)COP(=O)(O)C(C)CC. The van der Waals surface area contributed by atoms with Crippen LogP contribution >= 0.6 is 15.2 Å². The molecule has 0 aliphatic carbocycles. The molecule has 0 amide bonds. The molecule has 0 rings (SSSR count). The van der Waals surface area contributed by atoms with Crippen molar-refractivity contribution in [1.29, 1.82) is 0 Å². The fourth-order valence-electron chi connectivity index (χ4n) is 3.39. The van der Waals surface area contributed by atoms with E-state index in [1.165, 1.54) is 19.3 Å². The van der Waals surface area contributed by atoms with Gasteiger partial charge in [0.2, 0.25) is 0 Å². The second-order valence-corrected chi connectivity index (χ2v) is 13.7. The van der Waals surface area contributed by atoms with Crippen LogP contribution in [-0.4, -0.2) is 98.4 Å². The number of hydrogen-bond donors (Lipinski definition) is 3. The van der Waals surface area contributed by atoms with Gasteiger partial charge in [0.05, 0.1) is 77.4 Å². The molecule has 0 aromatic rings. The Morgan fingerprint density at radius 1 is 0.632 bits per heavy atom. The summed E-state index contributed by atoms with van der Waals surface area (Å²) in [7, 11) is -7.36. The van der Waals surface area contributed by atoms with E-state index in [2.05, 4.69) is 6.92 Å². The van der Waals surface area contributed by atoms with Crippen molar-refractivity contribution >= 4 is 15.2 Å².